The number of pyridine rings is 1. The molecular weight excluding hydrogens is 266 g/mol. The average Bonchev–Trinajstić information content (AvgIpc) is 2.57. The van der Waals surface area contributed by atoms with Gasteiger partial charge in [-0.15, -0.1) is 0 Å². The van der Waals surface area contributed by atoms with Crippen molar-refractivity contribution >= 4 is 17.6 Å². The van der Waals surface area contributed by atoms with E-state index in [1.807, 2.05) is 11.0 Å². The monoisotopic (exact) mass is 283 g/mol. The van der Waals surface area contributed by atoms with Gasteiger partial charge in [-0.25, -0.2) is 0 Å². The molecule has 6 heteroatoms. The quantitative estimate of drug-likeness (QED) is 0.903. The van der Waals surface area contributed by atoms with Crippen LogP contribution in [0.3, 0.4) is 0 Å². The molecule has 2 rings (SSSR count). The molecule has 104 valence electrons. The number of aliphatic carboxylic acids is 1. The molecule has 0 radical (unpaired) electrons. The fraction of sp³-hybridized carbons (Fsp3) is 0.538. The molecule has 0 aromatic carbocycles. The predicted octanol–water partition coefficient (Wildman–Crippen LogP) is 1.33. The van der Waals surface area contributed by atoms with Crippen molar-refractivity contribution in [2.75, 3.05) is 32.7 Å². The van der Waals surface area contributed by atoms with E-state index < -0.39 is 5.97 Å². The molecule has 0 amide bonds. The van der Waals surface area contributed by atoms with Gasteiger partial charge in [-0.1, -0.05) is 11.6 Å². The summed E-state index contributed by atoms with van der Waals surface area (Å²) in [6.45, 7) is 4.38. The summed E-state index contributed by atoms with van der Waals surface area (Å²) in [5.74, 6) is -0.759. The standard InChI is InChI=1S/C13H18ClN3O2/c14-12-8-15-3-2-11(12)9-16-4-1-5-17(7-6-16)10-13(18)19/h2-3,8H,1,4-7,9-10H2,(H,18,19). The first-order valence-corrected chi connectivity index (χ1v) is 6.78. The lowest BCUT2D eigenvalue weighted by Crippen LogP contribution is -2.34. The summed E-state index contributed by atoms with van der Waals surface area (Å²) in [7, 11) is 0. The summed E-state index contributed by atoms with van der Waals surface area (Å²) in [6, 6.07) is 1.93. The molecule has 2 heterocycles. The summed E-state index contributed by atoms with van der Waals surface area (Å²) in [5, 5.41) is 9.50. The van der Waals surface area contributed by atoms with Crippen molar-refractivity contribution in [2.24, 2.45) is 0 Å². The van der Waals surface area contributed by atoms with Gasteiger partial charge < -0.3 is 5.11 Å². The summed E-state index contributed by atoms with van der Waals surface area (Å²) in [5.41, 5.74) is 1.07. The molecule has 1 N–H and O–H groups in total. The van der Waals surface area contributed by atoms with Crippen LogP contribution in [-0.4, -0.2) is 58.6 Å². The molecule has 0 aliphatic carbocycles. The van der Waals surface area contributed by atoms with E-state index in [1.165, 1.54) is 0 Å². The number of halogens is 1. The first kappa shape index (κ1) is 14.2. The Labute approximate surface area is 117 Å². The molecule has 0 bridgehead atoms. The van der Waals surface area contributed by atoms with Gasteiger partial charge in [0, 0.05) is 38.6 Å². The van der Waals surface area contributed by atoms with Crippen LogP contribution in [0.25, 0.3) is 0 Å². The van der Waals surface area contributed by atoms with E-state index in [0.29, 0.717) is 5.02 Å². The Morgan fingerprint density at radius 2 is 2.05 bits per heavy atom. The maximum Gasteiger partial charge on any atom is 0.317 e. The minimum atomic E-state index is -0.759. The Balaban J connectivity index is 1.89. The number of carboxylic acid groups (broad SMARTS) is 1. The van der Waals surface area contributed by atoms with Crippen molar-refractivity contribution in [1.82, 2.24) is 14.8 Å². The molecule has 19 heavy (non-hydrogen) atoms. The Morgan fingerprint density at radius 3 is 2.79 bits per heavy atom. The van der Waals surface area contributed by atoms with Gasteiger partial charge in [0.2, 0.25) is 0 Å². The van der Waals surface area contributed by atoms with Crippen molar-refractivity contribution in [2.45, 2.75) is 13.0 Å². The number of hydrogen-bond donors (Lipinski definition) is 1. The molecule has 1 aromatic rings. The maximum atomic E-state index is 10.7. The van der Waals surface area contributed by atoms with E-state index in [1.54, 1.807) is 12.4 Å². The zero-order valence-corrected chi connectivity index (χ0v) is 11.5. The Bertz CT molecular complexity index is 442. The lowest BCUT2D eigenvalue weighted by atomic mass is 10.2. The molecule has 0 unspecified atom stereocenters. The second kappa shape index (κ2) is 6.84. The fourth-order valence-electron chi connectivity index (χ4n) is 2.31. The van der Waals surface area contributed by atoms with Crippen LogP contribution in [0.5, 0.6) is 0 Å². The molecule has 1 aliphatic heterocycles. The lowest BCUT2D eigenvalue weighted by Gasteiger charge is -2.21. The third-order valence-electron chi connectivity index (χ3n) is 3.29. The SMILES string of the molecule is O=C(O)CN1CCCN(Cc2ccncc2Cl)CC1. The van der Waals surface area contributed by atoms with Crippen LogP contribution in [0, 0.1) is 0 Å². The van der Waals surface area contributed by atoms with Crippen molar-refractivity contribution < 1.29 is 9.90 Å². The van der Waals surface area contributed by atoms with Crippen LogP contribution >= 0.6 is 11.6 Å². The van der Waals surface area contributed by atoms with E-state index in [4.69, 9.17) is 16.7 Å². The van der Waals surface area contributed by atoms with E-state index >= 15 is 0 Å². The summed E-state index contributed by atoms with van der Waals surface area (Å²) >= 11 is 6.10. The van der Waals surface area contributed by atoms with E-state index in [9.17, 15) is 4.79 Å². The van der Waals surface area contributed by atoms with Gasteiger partial charge in [0.15, 0.2) is 0 Å². The summed E-state index contributed by atoms with van der Waals surface area (Å²) < 4.78 is 0. The van der Waals surface area contributed by atoms with E-state index in [-0.39, 0.29) is 6.54 Å². The fourth-order valence-corrected chi connectivity index (χ4v) is 2.48. The van der Waals surface area contributed by atoms with Crippen molar-refractivity contribution in [3.8, 4) is 0 Å². The first-order valence-electron chi connectivity index (χ1n) is 6.40. The second-order valence-electron chi connectivity index (χ2n) is 4.77. The van der Waals surface area contributed by atoms with Crippen molar-refractivity contribution in [3.05, 3.63) is 29.0 Å². The van der Waals surface area contributed by atoms with Crippen LogP contribution in [0.15, 0.2) is 18.5 Å². The van der Waals surface area contributed by atoms with Gasteiger partial charge in [0.1, 0.15) is 0 Å². The second-order valence-corrected chi connectivity index (χ2v) is 5.17. The Kier molecular flexibility index (Phi) is 5.13. The highest BCUT2D eigenvalue weighted by molar-refractivity contribution is 6.31. The minimum absolute atomic E-state index is 0.129. The van der Waals surface area contributed by atoms with Crippen LogP contribution in [0.4, 0.5) is 0 Å². The van der Waals surface area contributed by atoms with Crippen molar-refractivity contribution in [3.63, 3.8) is 0 Å². The third-order valence-corrected chi connectivity index (χ3v) is 3.63. The highest BCUT2D eigenvalue weighted by Gasteiger charge is 2.17. The Hall–Kier alpha value is -1.17. The molecular formula is C13H18ClN3O2. The van der Waals surface area contributed by atoms with Gasteiger partial charge in [-0.2, -0.15) is 0 Å². The maximum absolute atomic E-state index is 10.7. The zero-order chi connectivity index (χ0) is 13.7. The summed E-state index contributed by atoms with van der Waals surface area (Å²) in [4.78, 5) is 19.0. The molecule has 0 spiro atoms. The number of hydrogen-bond acceptors (Lipinski definition) is 4. The van der Waals surface area contributed by atoms with Crippen LogP contribution in [0.1, 0.15) is 12.0 Å². The molecule has 1 saturated heterocycles. The number of carbonyl (C=O) groups is 1. The zero-order valence-electron chi connectivity index (χ0n) is 10.8. The van der Waals surface area contributed by atoms with Gasteiger partial charge in [0.05, 0.1) is 11.6 Å². The average molecular weight is 284 g/mol. The lowest BCUT2D eigenvalue weighted by molar-refractivity contribution is -0.138. The molecule has 5 nitrogen and oxygen atoms in total. The largest absolute Gasteiger partial charge is 0.480 e. The highest BCUT2D eigenvalue weighted by Crippen LogP contribution is 2.16. The van der Waals surface area contributed by atoms with Gasteiger partial charge in [-0.05, 0) is 24.6 Å². The van der Waals surface area contributed by atoms with Gasteiger partial charge in [0.25, 0.3) is 0 Å². The molecule has 0 atom stereocenters. The number of carboxylic acids is 1. The number of rotatable bonds is 4. The first-order chi connectivity index (χ1) is 9.15. The Morgan fingerprint density at radius 1 is 1.32 bits per heavy atom. The van der Waals surface area contributed by atoms with Gasteiger partial charge >= 0.3 is 5.97 Å². The molecule has 1 fully saturated rings. The highest BCUT2D eigenvalue weighted by atomic mass is 35.5. The van der Waals surface area contributed by atoms with Crippen LogP contribution < -0.4 is 0 Å². The number of nitrogens with zero attached hydrogens (tertiary/aromatic N) is 3. The molecule has 1 aromatic heterocycles. The molecule has 0 saturated carbocycles. The topological polar surface area (TPSA) is 56.7 Å². The molecule has 1 aliphatic rings. The van der Waals surface area contributed by atoms with E-state index in [2.05, 4.69) is 9.88 Å². The smallest absolute Gasteiger partial charge is 0.317 e. The van der Waals surface area contributed by atoms with E-state index in [0.717, 1.165) is 44.7 Å². The number of aromatic nitrogens is 1. The third kappa shape index (κ3) is 4.45. The van der Waals surface area contributed by atoms with Gasteiger partial charge in [-0.3, -0.25) is 19.6 Å². The minimum Gasteiger partial charge on any atom is -0.480 e. The summed E-state index contributed by atoms with van der Waals surface area (Å²) in [6.07, 6.45) is 4.39. The van der Waals surface area contributed by atoms with Crippen LogP contribution in [-0.2, 0) is 11.3 Å². The van der Waals surface area contributed by atoms with Crippen LogP contribution in [0.2, 0.25) is 5.02 Å². The normalized spacial score (nSPS) is 18.2. The predicted molar refractivity (Wildman–Crippen MR) is 73.2 cm³/mol. The van der Waals surface area contributed by atoms with Crippen molar-refractivity contribution in [1.29, 1.82) is 0 Å².